The fraction of sp³-hybridized carbons (Fsp3) is 0.619. The molecule has 0 aliphatic heterocycles. The third kappa shape index (κ3) is 15.3. The average molecular weight is 761 g/mol. The minimum absolute atomic E-state index is 0.202. The second-order valence-electron chi connectivity index (χ2n) is 14.6. The molecule has 0 spiro atoms. The van der Waals surface area contributed by atoms with Gasteiger partial charge in [-0.25, -0.2) is 0 Å². The average Bonchev–Trinajstić information content (AvgIpc) is 3.15. The van der Waals surface area contributed by atoms with E-state index in [2.05, 4.69) is 85.0 Å². The van der Waals surface area contributed by atoms with Gasteiger partial charge in [0.15, 0.2) is 0 Å². The van der Waals surface area contributed by atoms with Crippen LogP contribution in [0.25, 0.3) is 12.2 Å². The summed E-state index contributed by atoms with van der Waals surface area (Å²) in [6.45, 7) is 0. The summed E-state index contributed by atoms with van der Waals surface area (Å²) in [5, 5.41) is 0. The topological polar surface area (TPSA) is 0 Å². The summed E-state index contributed by atoms with van der Waals surface area (Å²) in [6.07, 6.45) is 43.0. The summed E-state index contributed by atoms with van der Waals surface area (Å²) >= 11 is 0.569. The first-order valence-electron chi connectivity index (χ1n) is 19.2. The molecule has 0 radical (unpaired) electrons. The molecule has 2 aromatic carbocycles. The van der Waals surface area contributed by atoms with Crippen LogP contribution in [0.3, 0.4) is 0 Å². The maximum absolute atomic E-state index is 4.70. The summed E-state index contributed by atoms with van der Waals surface area (Å²) in [7, 11) is 9.00. The van der Waals surface area contributed by atoms with Gasteiger partial charge in [0, 0.05) is 15.8 Å². The van der Waals surface area contributed by atoms with Crippen LogP contribution in [0, 0.1) is 0 Å². The fourth-order valence-corrected chi connectivity index (χ4v) is 17.1. The standard InChI is InChI=1S/2C21H31P.2ClH.Ni/c2*1-4-11-19(12-5-1)13-10-18-22(20-14-6-2-7-15-20)21-16-8-3-9-17-21;;;/h2*1,4-5,10-13,20-21H,2-3,6-9,14-18H2;2*1H;/q;;;;+2/b2*13-10+;;;. The number of hydrogen-bond acceptors (Lipinski definition) is 0. The molecular weight excluding hydrogens is 696 g/mol. The van der Waals surface area contributed by atoms with E-state index in [4.69, 9.17) is 20.4 Å². The first-order chi connectivity index (χ1) is 23.3. The molecule has 0 amide bonds. The Labute approximate surface area is 306 Å². The summed E-state index contributed by atoms with van der Waals surface area (Å²) in [6, 6.07) is 21.7. The molecule has 47 heavy (non-hydrogen) atoms. The van der Waals surface area contributed by atoms with Gasteiger partial charge in [-0.1, -0.05) is 98.5 Å². The SMILES string of the molecule is C(=C\c1ccccc1)/C[PH+](C1CCCCC1)C1CCCCC1.C(=C\c1ccccc1)/C[PH+](C1CCCCC1)C1CCCCC1.[Cl][Ni][Cl]. The molecule has 2 aromatic rings. The van der Waals surface area contributed by atoms with Crippen molar-refractivity contribution in [1.29, 1.82) is 0 Å². The molecule has 0 heterocycles. The Morgan fingerprint density at radius 2 is 0.702 bits per heavy atom. The summed E-state index contributed by atoms with van der Waals surface area (Å²) in [5.41, 5.74) is 7.20. The number of rotatable bonds is 10. The molecule has 0 aromatic heterocycles. The third-order valence-corrected chi connectivity index (χ3v) is 19.4. The summed E-state index contributed by atoms with van der Waals surface area (Å²) < 4.78 is 0. The molecule has 0 atom stereocenters. The molecule has 5 heteroatoms. The van der Waals surface area contributed by atoms with Crippen molar-refractivity contribution >= 4 is 48.4 Å². The van der Waals surface area contributed by atoms with Gasteiger partial charge in [-0.05, 0) is 126 Å². The van der Waals surface area contributed by atoms with E-state index in [1.165, 1.54) is 101 Å². The van der Waals surface area contributed by atoms with E-state index in [1.807, 2.05) is 0 Å². The zero-order valence-corrected chi connectivity index (χ0v) is 33.5. The Balaban J connectivity index is 0.000000197. The Morgan fingerprint density at radius 3 is 0.957 bits per heavy atom. The summed E-state index contributed by atoms with van der Waals surface area (Å²) in [4.78, 5) is 0. The van der Waals surface area contributed by atoms with Gasteiger partial charge in [-0.2, -0.15) is 0 Å². The van der Waals surface area contributed by atoms with E-state index < -0.39 is 0 Å². The van der Waals surface area contributed by atoms with Crippen LogP contribution in [-0.2, 0) is 12.7 Å². The van der Waals surface area contributed by atoms with Gasteiger partial charge >= 0.3 is 33.0 Å². The maximum atomic E-state index is 4.70. The van der Waals surface area contributed by atoms with Crippen molar-refractivity contribution in [2.24, 2.45) is 0 Å². The van der Waals surface area contributed by atoms with Gasteiger partial charge in [0.1, 0.15) is 0 Å². The van der Waals surface area contributed by atoms with E-state index in [9.17, 15) is 0 Å². The van der Waals surface area contributed by atoms with Gasteiger partial charge in [-0.3, -0.25) is 0 Å². The van der Waals surface area contributed by atoms with Gasteiger partial charge in [0.25, 0.3) is 0 Å². The predicted molar refractivity (Wildman–Crippen MR) is 217 cm³/mol. The molecule has 0 unspecified atom stereocenters. The zero-order valence-electron chi connectivity index (χ0n) is 29.0. The van der Waals surface area contributed by atoms with Crippen LogP contribution in [-0.4, -0.2) is 35.0 Å². The van der Waals surface area contributed by atoms with Gasteiger partial charge < -0.3 is 0 Å². The van der Waals surface area contributed by atoms with Gasteiger partial charge in [-0.15, -0.1) is 0 Å². The van der Waals surface area contributed by atoms with Crippen molar-refractivity contribution in [3.63, 3.8) is 0 Å². The molecule has 264 valence electrons. The quantitative estimate of drug-likeness (QED) is 0.167. The van der Waals surface area contributed by atoms with Gasteiger partial charge in [0.2, 0.25) is 0 Å². The summed E-state index contributed by atoms with van der Waals surface area (Å²) in [5.74, 6) is 0. The van der Waals surface area contributed by atoms with Crippen LogP contribution >= 0.6 is 36.2 Å². The number of benzene rings is 2. The van der Waals surface area contributed by atoms with Crippen LogP contribution in [0.2, 0.25) is 0 Å². The first-order valence-corrected chi connectivity index (χ1v) is 25.7. The number of allylic oxidation sites excluding steroid dienone is 2. The minimum atomic E-state index is -0.202. The van der Waals surface area contributed by atoms with E-state index in [0.29, 0.717) is 12.7 Å². The Bertz CT molecular complexity index is 963. The molecule has 0 bridgehead atoms. The van der Waals surface area contributed by atoms with E-state index in [-0.39, 0.29) is 15.8 Å². The van der Waals surface area contributed by atoms with Crippen molar-refractivity contribution in [3.05, 3.63) is 83.9 Å². The Hall–Kier alpha value is -0.146. The third-order valence-electron chi connectivity index (χ3n) is 11.4. The van der Waals surface area contributed by atoms with E-state index >= 15 is 0 Å². The van der Waals surface area contributed by atoms with Crippen molar-refractivity contribution in [1.82, 2.24) is 0 Å². The molecule has 4 fully saturated rings. The molecule has 6 rings (SSSR count). The zero-order chi connectivity index (χ0) is 32.8. The van der Waals surface area contributed by atoms with Crippen molar-refractivity contribution in [2.75, 3.05) is 12.3 Å². The van der Waals surface area contributed by atoms with Crippen LogP contribution in [0.5, 0.6) is 0 Å². The van der Waals surface area contributed by atoms with Crippen LogP contribution in [0.1, 0.15) is 140 Å². The van der Waals surface area contributed by atoms with Crippen molar-refractivity contribution in [2.45, 2.75) is 151 Å². The van der Waals surface area contributed by atoms with E-state index in [0.717, 1.165) is 22.6 Å². The van der Waals surface area contributed by atoms with E-state index in [1.54, 1.807) is 51.4 Å². The Morgan fingerprint density at radius 1 is 0.447 bits per heavy atom. The van der Waals surface area contributed by atoms with Crippen LogP contribution in [0.15, 0.2) is 72.8 Å². The first kappa shape index (κ1) is 39.6. The Kier molecular flexibility index (Phi) is 21.0. The second-order valence-corrected chi connectivity index (χ2v) is 22.6. The second kappa shape index (κ2) is 24.9. The normalized spacial score (nSPS) is 20.8. The number of halogens is 2. The van der Waals surface area contributed by atoms with Crippen LogP contribution < -0.4 is 0 Å². The molecule has 0 N–H and O–H groups in total. The monoisotopic (exact) mass is 758 g/mol. The van der Waals surface area contributed by atoms with Gasteiger partial charge in [0.05, 0.1) is 35.0 Å². The number of hydrogen-bond donors (Lipinski definition) is 0. The predicted octanol–water partition coefficient (Wildman–Crippen LogP) is 14.5. The molecule has 0 nitrogen and oxygen atoms in total. The molecule has 0 saturated heterocycles. The molecular formula is C42H64Cl2NiP2+2. The van der Waals surface area contributed by atoms with Crippen molar-refractivity contribution < 1.29 is 12.7 Å². The van der Waals surface area contributed by atoms with Crippen LogP contribution in [0.4, 0.5) is 0 Å². The molecule has 4 aliphatic rings. The fourth-order valence-electron chi connectivity index (χ4n) is 9.02. The molecule has 4 saturated carbocycles. The molecule has 4 aliphatic carbocycles. The van der Waals surface area contributed by atoms with Crippen molar-refractivity contribution in [3.8, 4) is 0 Å².